The highest BCUT2D eigenvalue weighted by Crippen LogP contribution is 2.31. The van der Waals surface area contributed by atoms with Crippen molar-refractivity contribution in [3.05, 3.63) is 41.6 Å². The van der Waals surface area contributed by atoms with E-state index in [2.05, 4.69) is 9.97 Å². The van der Waals surface area contributed by atoms with Gasteiger partial charge in [0.25, 0.3) is 0 Å². The lowest BCUT2D eigenvalue weighted by Crippen LogP contribution is -2.11. The van der Waals surface area contributed by atoms with Gasteiger partial charge in [0.15, 0.2) is 5.82 Å². The lowest BCUT2D eigenvalue weighted by molar-refractivity contribution is -0.142. The third-order valence-corrected chi connectivity index (χ3v) is 3.51. The minimum absolute atomic E-state index is 0.0521. The van der Waals surface area contributed by atoms with Crippen LogP contribution in [0, 0.1) is 0 Å². The Hall–Kier alpha value is -2.43. The topological polar surface area (TPSA) is 61.3 Å². The van der Waals surface area contributed by atoms with Crippen LogP contribution in [0.25, 0.3) is 11.4 Å². The predicted molar refractivity (Wildman–Crippen MR) is 81.6 cm³/mol. The van der Waals surface area contributed by atoms with Crippen molar-refractivity contribution in [3.63, 3.8) is 0 Å². The molecule has 0 radical (unpaired) electrons. The summed E-state index contributed by atoms with van der Waals surface area (Å²) < 4.78 is 10.8. The molecule has 1 unspecified atom stereocenters. The van der Waals surface area contributed by atoms with Crippen LogP contribution in [0.1, 0.15) is 25.1 Å². The molecule has 2 aromatic rings. The Kier molecular flexibility index (Phi) is 4.04. The molecular formula is C17H18N2O3. The lowest BCUT2D eigenvalue weighted by Gasteiger charge is -2.09. The van der Waals surface area contributed by atoms with Crippen molar-refractivity contribution in [1.29, 1.82) is 0 Å². The van der Waals surface area contributed by atoms with Crippen LogP contribution in [-0.4, -0.2) is 28.6 Å². The molecule has 1 aromatic carbocycles. The van der Waals surface area contributed by atoms with Gasteiger partial charge in [0.2, 0.25) is 5.88 Å². The number of aromatic nitrogens is 2. The van der Waals surface area contributed by atoms with E-state index in [0.29, 0.717) is 24.0 Å². The van der Waals surface area contributed by atoms with Gasteiger partial charge in [-0.1, -0.05) is 30.3 Å². The first-order valence-electron chi connectivity index (χ1n) is 7.45. The molecule has 0 aliphatic carbocycles. The molecule has 1 aliphatic heterocycles. The first-order chi connectivity index (χ1) is 10.7. The van der Waals surface area contributed by atoms with E-state index < -0.39 is 0 Å². The molecule has 114 valence electrons. The van der Waals surface area contributed by atoms with Gasteiger partial charge in [-0.15, -0.1) is 0 Å². The molecule has 0 N–H and O–H groups in total. The Labute approximate surface area is 129 Å². The monoisotopic (exact) mass is 298 g/mol. The number of carbonyl (C=O) groups is 1. The van der Waals surface area contributed by atoms with Crippen LogP contribution >= 0.6 is 0 Å². The van der Waals surface area contributed by atoms with Gasteiger partial charge in [-0.3, -0.25) is 4.79 Å². The van der Waals surface area contributed by atoms with E-state index in [4.69, 9.17) is 9.47 Å². The fourth-order valence-corrected chi connectivity index (χ4v) is 2.54. The quantitative estimate of drug-likeness (QED) is 0.812. The Morgan fingerprint density at radius 2 is 2.09 bits per heavy atom. The van der Waals surface area contributed by atoms with Crippen LogP contribution in [0.2, 0.25) is 0 Å². The molecule has 5 nitrogen and oxygen atoms in total. The van der Waals surface area contributed by atoms with E-state index in [-0.39, 0.29) is 18.5 Å². The molecule has 1 aliphatic rings. The third kappa shape index (κ3) is 2.93. The predicted octanol–water partition coefficient (Wildman–Crippen LogP) is 2.57. The highest BCUT2D eigenvalue weighted by atomic mass is 16.5. The average molecular weight is 298 g/mol. The Morgan fingerprint density at radius 3 is 2.82 bits per heavy atom. The van der Waals surface area contributed by atoms with Crippen LogP contribution in [0.3, 0.4) is 0 Å². The van der Waals surface area contributed by atoms with Gasteiger partial charge in [0.1, 0.15) is 6.10 Å². The second kappa shape index (κ2) is 6.13. The van der Waals surface area contributed by atoms with Crippen LogP contribution < -0.4 is 4.74 Å². The Bertz CT molecular complexity index is 686. The first kappa shape index (κ1) is 14.5. The van der Waals surface area contributed by atoms with Gasteiger partial charge in [-0.2, -0.15) is 4.98 Å². The normalized spacial score (nSPS) is 16.0. The number of rotatable bonds is 4. The van der Waals surface area contributed by atoms with E-state index in [1.807, 2.05) is 37.3 Å². The maximum absolute atomic E-state index is 11.8. The fourth-order valence-electron chi connectivity index (χ4n) is 2.54. The lowest BCUT2D eigenvalue weighted by atomic mass is 10.1. The van der Waals surface area contributed by atoms with E-state index >= 15 is 0 Å². The van der Waals surface area contributed by atoms with Crippen molar-refractivity contribution < 1.29 is 14.3 Å². The van der Waals surface area contributed by atoms with Gasteiger partial charge in [0, 0.05) is 17.5 Å². The molecule has 0 saturated heterocycles. The molecule has 0 saturated carbocycles. The molecular weight excluding hydrogens is 280 g/mol. The second-order valence-electron chi connectivity index (χ2n) is 5.26. The molecule has 0 fully saturated rings. The van der Waals surface area contributed by atoms with Crippen molar-refractivity contribution in [1.82, 2.24) is 9.97 Å². The van der Waals surface area contributed by atoms with Crippen molar-refractivity contribution in [3.8, 4) is 17.3 Å². The Balaban J connectivity index is 2.00. The molecule has 2 heterocycles. The number of fused-ring (bicyclic) bond motifs is 1. The summed E-state index contributed by atoms with van der Waals surface area (Å²) in [5.74, 6) is 0.885. The molecule has 5 heteroatoms. The summed E-state index contributed by atoms with van der Waals surface area (Å²) >= 11 is 0. The zero-order valence-corrected chi connectivity index (χ0v) is 12.7. The number of esters is 1. The van der Waals surface area contributed by atoms with Crippen LogP contribution in [0.5, 0.6) is 5.88 Å². The average Bonchev–Trinajstić information content (AvgIpc) is 2.89. The van der Waals surface area contributed by atoms with E-state index in [1.165, 1.54) is 0 Å². The van der Waals surface area contributed by atoms with Crippen LogP contribution in [0.4, 0.5) is 0 Å². The number of hydrogen-bond acceptors (Lipinski definition) is 5. The molecule has 1 atom stereocenters. The van der Waals surface area contributed by atoms with E-state index in [1.54, 1.807) is 6.92 Å². The first-order valence-corrected chi connectivity index (χ1v) is 7.45. The van der Waals surface area contributed by atoms with Crippen molar-refractivity contribution in [2.75, 3.05) is 6.61 Å². The summed E-state index contributed by atoms with van der Waals surface area (Å²) in [7, 11) is 0. The maximum Gasteiger partial charge on any atom is 0.311 e. The Morgan fingerprint density at radius 1 is 1.32 bits per heavy atom. The zero-order valence-electron chi connectivity index (χ0n) is 12.7. The molecule has 0 bridgehead atoms. The summed E-state index contributed by atoms with van der Waals surface area (Å²) in [5, 5.41) is 0. The van der Waals surface area contributed by atoms with Crippen LogP contribution in [0.15, 0.2) is 30.3 Å². The minimum Gasteiger partial charge on any atom is -0.474 e. The highest BCUT2D eigenvalue weighted by Gasteiger charge is 2.27. The van der Waals surface area contributed by atoms with E-state index in [0.717, 1.165) is 17.5 Å². The maximum atomic E-state index is 11.8. The van der Waals surface area contributed by atoms with Crippen molar-refractivity contribution in [2.24, 2.45) is 0 Å². The van der Waals surface area contributed by atoms with Gasteiger partial charge in [0.05, 0.1) is 18.7 Å². The highest BCUT2D eigenvalue weighted by molar-refractivity contribution is 5.73. The molecule has 1 aromatic heterocycles. The summed E-state index contributed by atoms with van der Waals surface area (Å²) in [4.78, 5) is 20.9. The number of hydrogen-bond donors (Lipinski definition) is 0. The summed E-state index contributed by atoms with van der Waals surface area (Å²) in [6, 6.07) is 9.68. The number of ether oxygens (including phenoxy) is 2. The molecule has 0 spiro atoms. The number of carbonyl (C=O) groups excluding carboxylic acids is 1. The largest absolute Gasteiger partial charge is 0.474 e. The van der Waals surface area contributed by atoms with Crippen LogP contribution in [-0.2, 0) is 22.4 Å². The second-order valence-corrected chi connectivity index (χ2v) is 5.26. The van der Waals surface area contributed by atoms with Crippen molar-refractivity contribution >= 4 is 5.97 Å². The standard InChI is InChI=1S/C17H18N2O3/c1-3-21-15(20)10-14-13-9-11(2)22-17(13)19-16(18-14)12-7-5-4-6-8-12/h4-8,11H,3,9-10H2,1-2H3. The smallest absolute Gasteiger partial charge is 0.311 e. The molecule has 22 heavy (non-hydrogen) atoms. The third-order valence-electron chi connectivity index (χ3n) is 3.51. The number of nitrogens with zero attached hydrogens (tertiary/aromatic N) is 2. The van der Waals surface area contributed by atoms with Gasteiger partial charge < -0.3 is 9.47 Å². The van der Waals surface area contributed by atoms with Gasteiger partial charge >= 0.3 is 5.97 Å². The van der Waals surface area contributed by atoms with Gasteiger partial charge in [-0.05, 0) is 13.8 Å². The van der Waals surface area contributed by atoms with Gasteiger partial charge in [-0.25, -0.2) is 4.98 Å². The molecule has 0 amide bonds. The van der Waals surface area contributed by atoms with Crippen molar-refractivity contribution in [2.45, 2.75) is 32.8 Å². The number of benzene rings is 1. The minimum atomic E-state index is -0.276. The molecule has 3 rings (SSSR count). The zero-order chi connectivity index (χ0) is 15.5. The fraction of sp³-hybridized carbons (Fsp3) is 0.353. The summed E-state index contributed by atoms with van der Waals surface area (Å²) in [5.41, 5.74) is 2.52. The van der Waals surface area contributed by atoms with E-state index in [9.17, 15) is 4.79 Å². The SMILES string of the molecule is CCOC(=O)Cc1nc(-c2ccccc2)nc2c1CC(C)O2. The summed E-state index contributed by atoms with van der Waals surface area (Å²) in [6.45, 7) is 4.14. The summed E-state index contributed by atoms with van der Waals surface area (Å²) in [6.07, 6.45) is 0.921.